The number of likely N-dealkylation sites (N-methyl/N-ethyl adjacent to an activating group) is 1. The zero-order chi connectivity index (χ0) is 15.2. The third-order valence-corrected chi connectivity index (χ3v) is 3.65. The molecule has 6 heteroatoms. The molecule has 1 aliphatic rings. The maximum absolute atomic E-state index is 7.70. The molecule has 0 radical (unpaired) electrons. The minimum Gasteiger partial charge on any atom is -0.369 e. The molecule has 0 spiro atoms. The zero-order valence-corrected chi connectivity index (χ0v) is 12.9. The lowest BCUT2D eigenvalue weighted by Gasteiger charge is -2.34. The van der Waals surface area contributed by atoms with E-state index in [9.17, 15) is 0 Å². The molecular weight excluding hydrogens is 264 g/mol. The summed E-state index contributed by atoms with van der Waals surface area (Å²) in [7, 11) is 2.12. The van der Waals surface area contributed by atoms with Gasteiger partial charge in [-0.05, 0) is 20.4 Å². The second-order valence-corrected chi connectivity index (χ2v) is 5.53. The van der Waals surface area contributed by atoms with Gasteiger partial charge in [0.15, 0.2) is 0 Å². The Balaban J connectivity index is 2.14. The van der Waals surface area contributed by atoms with Crippen molar-refractivity contribution in [2.45, 2.75) is 13.3 Å². The largest absolute Gasteiger partial charge is 0.369 e. The van der Waals surface area contributed by atoms with Gasteiger partial charge in [0.2, 0.25) is 0 Å². The van der Waals surface area contributed by atoms with Gasteiger partial charge in [0.1, 0.15) is 18.0 Å². The van der Waals surface area contributed by atoms with Crippen LogP contribution in [-0.4, -0.2) is 60.9 Å². The fourth-order valence-corrected chi connectivity index (χ4v) is 2.32. The van der Waals surface area contributed by atoms with Crippen molar-refractivity contribution in [3.63, 3.8) is 0 Å². The molecule has 1 aromatic heterocycles. The second-order valence-electron chi connectivity index (χ2n) is 5.53. The van der Waals surface area contributed by atoms with Crippen molar-refractivity contribution in [2.24, 2.45) is 0 Å². The Kier molecular flexibility index (Phi) is 5.27. The quantitative estimate of drug-likeness (QED) is 0.615. The number of aromatic nitrogens is 2. The highest BCUT2D eigenvalue weighted by atomic mass is 15.3. The molecule has 0 aliphatic carbocycles. The van der Waals surface area contributed by atoms with Crippen LogP contribution in [0.4, 0.5) is 11.6 Å². The molecule has 2 N–H and O–H groups in total. The number of hydrogen-bond donors (Lipinski definition) is 2. The second kappa shape index (κ2) is 7.17. The Morgan fingerprint density at radius 2 is 2.10 bits per heavy atom. The average Bonchev–Trinajstić information content (AvgIpc) is 2.47. The van der Waals surface area contributed by atoms with Crippen molar-refractivity contribution in [2.75, 3.05) is 50.0 Å². The predicted molar refractivity (Wildman–Crippen MR) is 87.5 cm³/mol. The van der Waals surface area contributed by atoms with E-state index < -0.39 is 0 Å². The van der Waals surface area contributed by atoms with Crippen molar-refractivity contribution in [3.05, 3.63) is 24.0 Å². The maximum atomic E-state index is 7.70. The molecule has 0 unspecified atom stereocenters. The van der Waals surface area contributed by atoms with Crippen LogP contribution < -0.4 is 10.2 Å². The van der Waals surface area contributed by atoms with E-state index in [2.05, 4.69) is 38.7 Å². The van der Waals surface area contributed by atoms with E-state index in [0.29, 0.717) is 0 Å². The topological polar surface area (TPSA) is 68.1 Å². The third kappa shape index (κ3) is 4.01. The van der Waals surface area contributed by atoms with E-state index in [1.807, 2.05) is 6.92 Å². The number of nitrogens with zero attached hydrogens (tertiary/aromatic N) is 4. The van der Waals surface area contributed by atoms with E-state index in [1.54, 1.807) is 6.33 Å². The van der Waals surface area contributed by atoms with E-state index in [-0.39, 0.29) is 0 Å². The Morgan fingerprint density at radius 1 is 1.38 bits per heavy atom. The summed E-state index contributed by atoms with van der Waals surface area (Å²) in [6.45, 7) is 10.6. The van der Waals surface area contributed by atoms with Gasteiger partial charge in [-0.3, -0.25) is 0 Å². The molecule has 0 atom stereocenters. The normalized spacial score (nSPS) is 15.8. The minimum atomic E-state index is 0.732. The van der Waals surface area contributed by atoms with Crippen LogP contribution in [0.15, 0.2) is 18.5 Å². The highest BCUT2D eigenvalue weighted by molar-refractivity contribution is 5.91. The first-order valence-electron chi connectivity index (χ1n) is 7.29. The zero-order valence-electron chi connectivity index (χ0n) is 12.9. The van der Waals surface area contributed by atoms with Gasteiger partial charge in [-0.25, -0.2) is 9.97 Å². The number of hydrogen-bond acceptors (Lipinski definition) is 6. The molecule has 1 aliphatic heterocycles. The summed E-state index contributed by atoms with van der Waals surface area (Å²) >= 11 is 0. The summed E-state index contributed by atoms with van der Waals surface area (Å²) in [5.41, 5.74) is 1.90. The van der Waals surface area contributed by atoms with Crippen LogP contribution in [0, 0.1) is 5.41 Å². The lowest BCUT2D eigenvalue weighted by Crippen LogP contribution is -2.45. The molecule has 1 fully saturated rings. The van der Waals surface area contributed by atoms with E-state index >= 15 is 0 Å². The Labute approximate surface area is 126 Å². The standard InChI is InChI=1S/C15H24N6/c1-12(2)4-5-17-14-13(10-16)15(19-11-18-14)21-8-6-20(3)7-9-21/h10-11,16H,1,4-9H2,2-3H3,(H,17,18,19). The monoisotopic (exact) mass is 288 g/mol. The molecular formula is C15H24N6. The van der Waals surface area contributed by atoms with Crippen LogP contribution in [0.2, 0.25) is 0 Å². The van der Waals surface area contributed by atoms with Gasteiger partial charge in [-0.2, -0.15) is 0 Å². The molecule has 114 valence electrons. The van der Waals surface area contributed by atoms with Crippen LogP contribution >= 0.6 is 0 Å². The van der Waals surface area contributed by atoms with Gasteiger partial charge >= 0.3 is 0 Å². The molecule has 0 amide bonds. The van der Waals surface area contributed by atoms with Gasteiger partial charge in [-0.1, -0.05) is 5.57 Å². The highest BCUT2D eigenvalue weighted by Crippen LogP contribution is 2.22. The van der Waals surface area contributed by atoms with Gasteiger partial charge < -0.3 is 20.5 Å². The Bertz CT molecular complexity index is 505. The van der Waals surface area contributed by atoms with E-state index in [4.69, 9.17) is 5.41 Å². The minimum absolute atomic E-state index is 0.732. The van der Waals surface area contributed by atoms with Crippen molar-refractivity contribution >= 4 is 17.9 Å². The number of rotatable bonds is 6. The summed E-state index contributed by atoms with van der Waals surface area (Å²) in [5.74, 6) is 1.58. The predicted octanol–water partition coefficient (Wildman–Crippen LogP) is 1.60. The lowest BCUT2D eigenvalue weighted by molar-refractivity contribution is 0.312. The molecule has 0 aromatic carbocycles. The molecule has 2 rings (SSSR count). The van der Waals surface area contributed by atoms with Crippen LogP contribution in [0.1, 0.15) is 18.9 Å². The highest BCUT2D eigenvalue weighted by Gasteiger charge is 2.19. The van der Waals surface area contributed by atoms with Gasteiger partial charge in [-0.15, -0.1) is 6.58 Å². The lowest BCUT2D eigenvalue weighted by atomic mass is 10.2. The van der Waals surface area contributed by atoms with Crippen molar-refractivity contribution < 1.29 is 0 Å². The van der Waals surface area contributed by atoms with Crippen molar-refractivity contribution in [3.8, 4) is 0 Å². The molecule has 6 nitrogen and oxygen atoms in total. The van der Waals surface area contributed by atoms with E-state index in [0.717, 1.165) is 61.9 Å². The molecule has 0 bridgehead atoms. The average molecular weight is 288 g/mol. The van der Waals surface area contributed by atoms with Gasteiger partial charge in [0, 0.05) is 38.9 Å². The summed E-state index contributed by atoms with van der Waals surface area (Å²) in [4.78, 5) is 13.2. The summed E-state index contributed by atoms with van der Waals surface area (Å²) < 4.78 is 0. The molecule has 0 saturated carbocycles. The molecule has 2 heterocycles. The van der Waals surface area contributed by atoms with Gasteiger partial charge in [0.05, 0.1) is 5.56 Å². The van der Waals surface area contributed by atoms with Gasteiger partial charge in [0.25, 0.3) is 0 Å². The summed E-state index contributed by atoms with van der Waals surface area (Å²) in [5, 5.41) is 11.0. The Hall–Kier alpha value is -1.95. The fourth-order valence-electron chi connectivity index (χ4n) is 2.32. The van der Waals surface area contributed by atoms with Crippen LogP contribution in [0.25, 0.3) is 0 Å². The summed E-state index contributed by atoms with van der Waals surface area (Å²) in [6, 6.07) is 0. The van der Waals surface area contributed by atoms with Crippen LogP contribution in [0.3, 0.4) is 0 Å². The number of piperazine rings is 1. The Morgan fingerprint density at radius 3 is 2.71 bits per heavy atom. The number of anilines is 2. The first kappa shape index (κ1) is 15.4. The maximum Gasteiger partial charge on any atom is 0.143 e. The first-order valence-corrected chi connectivity index (χ1v) is 7.29. The molecule has 21 heavy (non-hydrogen) atoms. The SMILES string of the molecule is C=C(C)CCNc1ncnc(N2CCN(C)CC2)c1C=N. The van der Waals surface area contributed by atoms with Crippen LogP contribution in [0.5, 0.6) is 0 Å². The first-order chi connectivity index (χ1) is 10.1. The van der Waals surface area contributed by atoms with E-state index in [1.165, 1.54) is 6.21 Å². The smallest absolute Gasteiger partial charge is 0.143 e. The van der Waals surface area contributed by atoms with Crippen LogP contribution in [-0.2, 0) is 0 Å². The van der Waals surface area contributed by atoms with Crippen molar-refractivity contribution in [1.29, 1.82) is 5.41 Å². The molecule has 1 aromatic rings. The van der Waals surface area contributed by atoms with Crippen molar-refractivity contribution in [1.82, 2.24) is 14.9 Å². The number of nitrogens with one attached hydrogen (secondary N) is 2. The molecule has 1 saturated heterocycles. The third-order valence-electron chi connectivity index (χ3n) is 3.65. The fraction of sp³-hybridized carbons (Fsp3) is 0.533. The summed E-state index contributed by atoms with van der Waals surface area (Å²) in [6.07, 6.45) is 3.81.